The number of anilines is 1. The van der Waals surface area contributed by atoms with E-state index in [1.54, 1.807) is 36.1 Å². The Bertz CT molecular complexity index is 1550. The van der Waals surface area contributed by atoms with Crippen LogP contribution in [0.3, 0.4) is 0 Å². The molecule has 0 radical (unpaired) electrons. The second-order valence-electron chi connectivity index (χ2n) is 13.1. The van der Waals surface area contributed by atoms with E-state index in [4.69, 9.17) is 21.1 Å². The smallest absolute Gasteiger partial charge is 0.313 e. The first kappa shape index (κ1) is 36.3. The van der Waals surface area contributed by atoms with Gasteiger partial charge in [0.1, 0.15) is 17.7 Å². The van der Waals surface area contributed by atoms with Crippen molar-refractivity contribution < 1.29 is 33.8 Å². The summed E-state index contributed by atoms with van der Waals surface area (Å²) in [5.74, 6) is -3.44. The summed E-state index contributed by atoms with van der Waals surface area (Å²) < 4.78 is 12.9. The summed E-state index contributed by atoms with van der Waals surface area (Å²) in [6.07, 6.45) is 4.34. The fourth-order valence-corrected chi connectivity index (χ4v) is 8.13. The maximum atomic E-state index is 14.8. The summed E-state index contributed by atoms with van der Waals surface area (Å²) in [6.45, 7) is 11.5. The van der Waals surface area contributed by atoms with Gasteiger partial charge >= 0.3 is 5.97 Å². The molecular weight excluding hydrogens is 646 g/mol. The summed E-state index contributed by atoms with van der Waals surface area (Å²) in [5.41, 5.74) is 0.736. The molecule has 2 aromatic rings. The molecular formula is C38H46ClN3O7. The molecule has 49 heavy (non-hydrogen) atoms. The number of allylic oxidation sites excluding steroid dienone is 1. The maximum absolute atomic E-state index is 14.8. The molecule has 11 heteroatoms. The topological polar surface area (TPSA) is 125 Å². The standard InChI is InChI=1S/C38H46ClN3O7/c1-5-7-18-29(44)40-25(4)33(26-15-9-8-10-16-26)48-37(47)30-28-19-20-38(49-28)31(30)35(45)42(22-11-12-23-43)34(38)36(46)41(21-6-2)32-24(3)14-13-17-27(32)39/h5-6,8-10,13-17,25,28,30-31,33-34,43H,1-2,7,11-12,18-23H2,3-4H3,(H,40,44)/t25-,28+,30-,31-,33-,34+,38-/m1/s1. The van der Waals surface area contributed by atoms with E-state index in [0.717, 1.165) is 5.56 Å². The van der Waals surface area contributed by atoms with Crippen LogP contribution in [-0.4, -0.2) is 77.2 Å². The van der Waals surface area contributed by atoms with Crippen molar-refractivity contribution in [3.63, 3.8) is 0 Å². The van der Waals surface area contributed by atoms with Crippen LogP contribution in [0.5, 0.6) is 0 Å². The number of nitrogens with zero attached hydrogens (tertiary/aromatic N) is 2. The first-order valence-corrected chi connectivity index (χ1v) is 17.4. The van der Waals surface area contributed by atoms with Crippen LogP contribution >= 0.6 is 11.6 Å². The number of carbonyl (C=O) groups excluding carboxylic acids is 4. The molecule has 3 fully saturated rings. The molecule has 10 nitrogen and oxygen atoms in total. The second kappa shape index (κ2) is 15.7. The number of aliphatic hydroxyl groups is 1. The van der Waals surface area contributed by atoms with Crippen molar-refractivity contribution in [2.24, 2.45) is 11.8 Å². The third-order valence-electron chi connectivity index (χ3n) is 9.94. The van der Waals surface area contributed by atoms with Crippen LogP contribution in [0.4, 0.5) is 5.69 Å². The molecule has 0 saturated carbocycles. The quantitative estimate of drug-likeness (QED) is 0.143. The van der Waals surface area contributed by atoms with E-state index in [0.29, 0.717) is 48.4 Å². The Kier molecular flexibility index (Phi) is 11.6. The third-order valence-corrected chi connectivity index (χ3v) is 10.2. The normalized spacial score (nSPS) is 25.0. The highest BCUT2D eigenvalue weighted by Gasteiger charge is 2.75. The zero-order valence-corrected chi connectivity index (χ0v) is 28.9. The van der Waals surface area contributed by atoms with E-state index in [-0.39, 0.29) is 43.8 Å². The lowest BCUT2D eigenvalue weighted by Gasteiger charge is -2.37. The third kappa shape index (κ3) is 7.04. The Hall–Kier alpha value is -3.99. The number of carbonyl (C=O) groups is 4. The molecule has 2 N–H and O–H groups in total. The lowest BCUT2D eigenvalue weighted by molar-refractivity contribution is -0.162. The second-order valence-corrected chi connectivity index (χ2v) is 13.5. The molecule has 262 valence electrons. The Morgan fingerprint density at radius 2 is 1.92 bits per heavy atom. The van der Waals surface area contributed by atoms with Crippen molar-refractivity contribution in [3.8, 4) is 0 Å². The van der Waals surface area contributed by atoms with Gasteiger partial charge in [0.2, 0.25) is 11.8 Å². The molecule has 3 saturated heterocycles. The number of amides is 3. The number of fused-ring (bicyclic) bond motifs is 1. The van der Waals surface area contributed by atoms with Gasteiger partial charge in [-0.3, -0.25) is 19.2 Å². The van der Waals surface area contributed by atoms with Crippen molar-refractivity contribution >= 4 is 41.0 Å². The van der Waals surface area contributed by atoms with Crippen molar-refractivity contribution in [3.05, 3.63) is 90.0 Å². The Morgan fingerprint density at radius 1 is 1.16 bits per heavy atom. The van der Waals surface area contributed by atoms with Crippen molar-refractivity contribution in [2.75, 3.05) is 24.6 Å². The summed E-state index contributed by atoms with van der Waals surface area (Å²) in [4.78, 5) is 59.3. The number of hydrogen-bond donors (Lipinski definition) is 2. The number of rotatable bonds is 16. The summed E-state index contributed by atoms with van der Waals surface area (Å²) in [5, 5.41) is 12.9. The minimum absolute atomic E-state index is 0.0622. The van der Waals surface area contributed by atoms with Crippen molar-refractivity contribution in [2.45, 2.75) is 82.3 Å². The minimum atomic E-state index is -1.26. The van der Waals surface area contributed by atoms with Crippen molar-refractivity contribution in [1.29, 1.82) is 0 Å². The van der Waals surface area contributed by atoms with Gasteiger partial charge in [0, 0.05) is 26.1 Å². The molecule has 3 heterocycles. The Labute approximate surface area is 293 Å². The van der Waals surface area contributed by atoms with Crippen LogP contribution in [0.25, 0.3) is 0 Å². The lowest BCUT2D eigenvalue weighted by atomic mass is 9.70. The maximum Gasteiger partial charge on any atom is 0.313 e. The number of aliphatic hydroxyl groups excluding tert-OH is 1. The van der Waals surface area contributed by atoms with Crippen LogP contribution in [0.15, 0.2) is 73.8 Å². The Balaban J connectivity index is 1.49. The molecule has 1 spiro atoms. The van der Waals surface area contributed by atoms with Crippen molar-refractivity contribution in [1.82, 2.24) is 10.2 Å². The minimum Gasteiger partial charge on any atom is -0.455 e. The van der Waals surface area contributed by atoms with Crippen LogP contribution in [0.2, 0.25) is 5.02 Å². The van der Waals surface area contributed by atoms with E-state index in [1.807, 2.05) is 43.3 Å². The number of unbranched alkanes of at least 4 members (excludes halogenated alkanes) is 1. The molecule has 2 bridgehead atoms. The summed E-state index contributed by atoms with van der Waals surface area (Å²) >= 11 is 6.65. The van der Waals surface area contributed by atoms with Crippen LogP contribution in [0, 0.1) is 18.8 Å². The van der Waals surface area contributed by atoms with E-state index in [2.05, 4.69) is 18.5 Å². The number of esters is 1. The molecule has 0 unspecified atom stereocenters. The number of likely N-dealkylation sites (tertiary alicyclic amines) is 1. The summed E-state index contributed by atoms with van der Waals surface area (Å²) in [7, 11) is 0. The van der Waals surface area contributed by atoms with Gasteiger partial charge in [-0.15, -0.1) is 13.2 Å². The molecule has 3 aliphatic rings. The summed E-state index contributed by atoms with van der Waals surface area (Å²) in [6, 6.07) is 12.9. The van der Waals surface area contributed by atoms with Crippen LogP contribution in [-0.2, 0) is 28.7 Å². The molecule has 7 atom stereocenters. The molecule has 2 aromatic carbocycles. The SMILES string of the molecule is C=CCCC(=O)N[C@H](C)[C@@H](OC(=O)[C@@H]1[C@@H]2CC[C@]3(O2)[C@H](C(=O)N(CC=C)c2c(C)cccc2Cl)N(CCCCO)C(=O)[C@@H]13)c1ccccc1. The Morgan fingerprint density at radius 3 is 2.59 bits per heavy atom. The van der Waals surface area contributed by atoms with Gasteiger partial charge in [-0.05, 0) is 63.1 Å². The first-order chi connectivity index (χ1) is 23.6. The zero-order valence-electron chi connectivity index (χ0n) is 28.2. The monoisotopic (exact) mass is 691 g/mol. The van der Waals surface area contributed by atoms with Gasteiger partial charge in [-0.25, -0.2) is 0 Å². The molecule has 5 rings (SSSR count). The molecule has 3 amide bonds. The number of para-hydroxylation sites is 1. The van der Waals surface area contributed by atoms with E-state index >= 15 is 0 Å². The van der Waals surface area contributed by atoms with Gasteiger partial charge in [0.25, 0.3) is 5.91 Å². The average molecular weight is 692 g/mol. The largest absolute Gasteiger partial charge is 0.455 e. The number of ether oxygens (including phenoxy) is 2. The predicted molar refractivity (Wildman–Crippen MR) is 187 cm³/mol. The average Bonchev–Trinajstić information content (AvgIpc) is 3.73. The lowest BCUT2D eigenvalue weighted by Crippen LogP contribution is -2.56. The highest BCUT2D eigenvalue weighted by molar-refractivity contribution is 6.34. The van der Waals surface area contributed by atoms with Gasteiger partial charge in [-0.2, -0.15) is 0 Å². The highest BCUT2D eigenvalue weighted by Crippen LogP contribution is 2.59. The highest BCUT2D eigenvalue weighted by atomic mass is 35.5. The molecule has 0 aromatic heterocycles. The van der Waals surface area contributed by atoms with Crippen LogP contribution in [0.1, 0.15) is 62.7 Å². The number of aryl methyl sites for hydroxylation is 1. The number of halogens is 1. The van der Waals surface area contributed by atoms with Gasteiger partial charge < -0.3 is 29.7 Å². The number of benzene rings is 2. The number of nitrogens with one attached hydrogen (secondary N) is 1. The van der Waals surface area contributed by atoms with Gasteiger partial charge in [0.15, 0.2) is 0 Å². The predicted octanol–water partition coefficient (Wildman–Crippen LogP) is 5.07. The van der Waals surface area contributed by atoms with Crippen LogP contribution < -0.4 is 10.2 Å². The first-order valence-electron chi connectivity index (χ1n) is 17.0. The van der Waals surface area contributed by atoms with Gasteiger partial charge in [-0.1, -0.05) is 66.2 Å². The zero-order chi connectivity index (χ0) is 35.3. The fourth-order valence-electron chi connectivity index (χ4n) is 7.81. The fraction of sp³-hybridized carbons (Fsp3) is 0.474. The van der Waals surface area contributed by atoms with E-state index in [1.165, 1.54) is 4.90 Å². The van der Waals surface area contributed by atoms with E-state index < -0.39 is 47.7 Å². The van der Waals surface area contributed by atoms with Gasteiger partial charge in [0.05, 0.1) is 34.7 Å². The van der Waals surface area contributed by atoms with E-state index in [9.17, 15) is 24.3 Å². The number of hydrogen-bond acceptors (Lipinski definition) is 7. The molecule has 3 aliphatic heterocycles. The molecule has 0 aliphatic carbocycles.